The second kappa shape index (κ2) is 8.39. The molecule has 1 saturated carbocycles. The summed E-state index contributed by atoms with van der Waals surface area (Å²) in [5.41, 5.74) is -0.333. The van der Waals surface area contributed by atoms with Crippen LogP contribution < -0.4 is 5.32 Å². The Morgan fingerprint density at radius 1 is 1.32 bits per heavy atom. The predicted octanol–water partition coefficient (Wildman–Crippen LogP) is 1.95. The molecule has 1 aromatic carbocycles. The molecule has 10 nitrogen and oxygen atoms in total. The minimum atomic E-state index is -1.56. The van der Waals surface area contributed by atoms with Crippen molar-refractivity contribution in [3.05, 3.63) is 46.5 Å². The quantitative estimate of drug-likeness (QED) is 0.348. The Morgan fingerprint density at radius 3 is 2.68 bits per heavy atom. The van der Waals surface area contributed by atoms with E-state index in [4.69, 9.17) is 0 Å². The molecule has 0 aliphatic heterocycles. The Labute approximate surface area is 160 Å². The molecule has 1 fully saturated rings. The van der Waals surface area contributed by atoms with Gasteiger partial charge in [0.1, 0.15) is 18.3 Å². The first-order chi connectivity index (χ1) is 13.5. The number of nitro groups is 1. The highest BCUT2D eigenvalue weighted by Crippen LogP contribution is 2.25. The summed E-state index contributed by atoms with van der Waals surface area (Å²) in [6.07, 6.45) is 7.24. The lowest BCUT2D eigenvalue weighted by Crippen LogP contribution is -2.42. The summed E-state index contributed by atoms with van der Waals surface area (Å²) < 4.78 is 1.20. The van der Waals surface area contributed by atoms with Gasteiger partial charge in [0.15, 0.2) is 11.7 Å². The van der Waals surface area contributed by atoms with Crippen LogP contribution in [-0.2, 0) is 4.79 Å². The molecule has 1 unspecified atom stereocenters. The van der Waals surface area contributed by atoms with Crippen LogP contribution in [0.3, 0.4) is 0 Å². The molecule has 1 heterocycles. The summed E-state index contributed by atoms with van der Waals surface area (Å²) in [4.78, 5) is 39.6. The number of hydrogen-bond acceptors (Lipinski definition) is 7. The van der Waals surface area contributed by atoms with Gasteiger partial charge in [0.25, 0.3) is 5.69 Å². The molecule has 144 valence electrons. The highest BCUT2D eigenvalue weighted by molar-refractivity contribution is 6.12. The average Bonchev–Trinajstić information content (AvgIpc) is 3.23. The molecule has 1 aromatic heterocycles. The third-order valence-corrected chi connectivity index (χ3v) is 4.73. The number of Topliss-reactive ketones (excluding diaryl/α,β-unsaturated/α-hetero) is 1. The smallest absolute Gasteiger partial charge is 0.295 e. The van der Waals surface area contributed by atoms with Crippen molar-refractivity contribution in [2.75, 3.05) is 0 Å². The molecule has 2 aromatic rings. The normalized spacial score (nSPS) is 15.4. The lowest BCUT2D eigenvalue weighted by atomic mass is 9.93. The van der Waals surface area contributed by atoms with Gasteiger partial charge in [-0.3, -0.25) is 19.7 Å². The van der Waals surface area contributed by atoms with Gasteiger partial charge in [-0.25, -0.2) is 9.67 Å². The van der Waals surface area contributed by atoms with Crippen molar-refractivity contribution in [2.45, 2.75) is 38.1 Å². The summed E-state index contributed by atoms with van der Waals surface area (Å²) in [6, 6.07) is 5.41. The molecule has 0 radical (unpaired) electrons. The van der Waals surface area contributed by atoms with Crippen molar-refractivity contribution in [2.24, 2.45) is 5.92 Å². The van der Waals surface area contributed by atoms with Crippen LogP contribution in [0.15, 0.2) is 30.9 Å². The maximum absolute atomic E-state index is 12.7. The monoisotopic (exact) mass is 382 g/mol. The molecule has 1 aliphatic carbocycles. The van der Waals surface area contributed by atoms with Crippen LogP contribution in [0, 0.1) is 27.4 Å². The van der Waals surface area contributed by atoms with Gasteiger partial charge in [0.05, 0.1) is 11.0 Å². The number of benzene rings is 1. The minimum Gasteiger partial charge on any atom is -0.352 e. The van der Waals surface area contributed by atoms with Crippen LogP contribution in [0.1, 0.15) is 42.5 Å². The van der Waals surface area contributed by atoms with Crippen molar-refractivity contribution in [1.29, 1.82) is 5.26 Å². The maximum atomic E-state index is 12.7. The Morgan fingerprint density at radius 2 is 2.07 bits per heavy atom. The number of ketones is 1. The molecular weight excluding hydrogens is 364 g/mol. The van der Waals surface area contributed by atoms with Gasteiger partial charge in [0, 0.05) is 17.7 Å². The molecule has 0 spiro atoms. The van der Waals surface area contributed by atoms with Crippen molar-refractivity contribution in [3.8, 4) is 11.8 Å². The van der Waals surface area contributed by atoms with E-state index in [2.05, 4.69) is 15.4 Å². The summed E-state index contributed by atoms with van der Waals surface area (Å²) in [5, 5.41) is 27.4. The zero-order valence-corrected chi connectivity index (χ0v) is 14.9. The average molecular weight is 382 g/mol. The Kier molecular flexibility index (Phi) is 5.74. The number of nitriles is 1. The number of carbonyl (C=O) groups is 2. The van der Waals surface area contributed by atoms with E-state index in [1.54, 1.807) is 6.07 Å². The molecule has 1 N–H and O–H groups in total. The van der Waals surface area contributed by atoms with E-state index in [9.17, 15) is 25.0 Å². The summed E-state index contributed by atoms with van der Waals surface area (Å²) in [6.45, 7) is 0. The fraction of sp³-hybridized carbons (Fsp3) is 0.389. The first-order valence-electron chi connectivity index (χ1n) is 8.89. The fourth-order valence-electron chi connectivity index (χ4n) is 3.28. The standard InChI is InChI=1S/C18H18N6O4/c19-9-14(18(26)22-13-4-2-1-3-5-13)17(25)12-6-7-15(16(8-12)24(27)28)23-11-20-10-21-23/h6-8,10-11,13-14H,1-5H2,(H,22,26). The first kappa shape index (κ1) is 19.2. The number of nitro benzene ring substituents is 1. The zero-order chi connectivity index (χ0) is 20.1. The van der Waals surface area contributed by atoms with Crippen LogP contribution in [0.4, 0.5) is 5.69 Å². The van der Waals surface area contributed by atoms with Gasteiger partial charge in [0.2, 0.25) is 5.91 Å². The van der Waals surface area contributed by atoms with E-state index in [1.807, 2.05) is 0 Å². The summed E-state index contributed by atoms with van der Waals surface area (Å²) in [5.74, 6) is -3.00. The SMILES string of the molecule is N#CC(C(=O)NC1CCCCC1)C(=O)c1ccc(-n2cncn2)c([N+](=O)[O-])c1. The number of nitrogens with one attached hydrogen (secondary N) is 1. The Hall–Kier alpha value is -3.61. The maximum Gasteiger partial charge on any atom is 0.295 e. The van der Waals surface area contributed by atoms with Gasteiger partial charge in [-0.05, 0) is 25.0 Å². The van der Waals surface area contributed by atoms with Crippen molar-refractivity contribution < 1.29 is 14.5 Å². The molecular formula is C18H18N6O4. The number of hydrogen-bond donors (Lipinski definition) is 1. The van der Waals surface area contributed by atoms with E-state index in [0.717, 1.165) is 38.2 Å². The van der Waals surface area contributed by atoms with Crippen LogP contribution in [-0.4, -0.2) is 37.4 Å². The molecule has 1 amide bonds. The first-order valence-corrected chi connectivity index (χ1v) is 8.89. The number of rotatable bonds is 6. The van der Waals surface area contributed by atoms with Crippen LogP contribution in [0.25, 0.3) is 5.69 Å². The van der Waals surface area contributed by atoms with Gasteiger partial charge in [-0.1, -0.05) is 19.3 Å². The molecule has 0 bridgehead atoms. The lowest BCUT2D eigenvalue weighted by molar-refractivity contribution is -0.384. The summed E-state index contributed by atoms with van der Waals surface area (Å²) in [7, 11) is 0. The van der Waals surface area contributed by atoms with Crippen LogP contribution in [0.2, 0.25) is 0 Å². The van der Waals surface area contributed by atoms with E-state index >= 15 is 0 Å². The zero-order valence-electron chi connectivity index (χ0n) is 14.9. The second-order valence-corrected chi connectivity index (χ2v) is 6.57. The third kappa shape index (κ3) is 4.03. The number of aromatic nitrogens is 3. The molecule has 3 rings (SSSR count). The van der Waals surface area contributed by atoms with E-state index in [0.29, 0.717) is 0 Å². The second-order valence-electron chi connectivity index (χ2n) is 6.57. The Bertz CT molecular complexity index is 928. The molecule has 28 heavy (non-hydrogen) atoms. The fourth-order valence-corrected chi connectivity index (χ4v) is 3.28. The van der Waals surface area contributed by atoms with Crippen molar-refractivity contribution in [3.63, 3.8) is 0 Å². The number of nitrogens with zero attached hydrogens (tertiary/aromatic N) is 5. The lowest BCUT2D eigenvalue weighted by Gasteiger charge is -2.23. The van der Waals surface area contributed by atoms with Crippen molar-refractivity contribution in [1.82, 2.24) is 20.1 Å². The van der Waals surface area contributed by atoms with E-state index < -0.39 is 22.5 Å². The minimum absolute atomic E-state index is 0.0473. The van der Waals surface area contributed by atoms with Crippen molar-refractivity contribution >= 4 is 17.4 Å². The van der Waals surface area contributed by atoms with Gasteiger partial charge < -0.3 is 5.32 Å². The molecule has 10 heteroatoms. The predicted molar refractivity (Wildman–Crippen MR) is 96.5 cm³/mol. The van der Waals surface area contributed by atoms with Gasteiger partial charge >= 0.3 is 0 Å². The highest BCUT2D eigenvalue weighted by Gasteiger charge is 2.31. The Balaban J connectivity index is 1.83. The van der Waals surface area contributed by atoms with E-state index in [1.165, 1.54) is 29.5 Å². The highest BCUT2D eigenvalue weighted by atomic mass is 16.6. The van der Waals surface area contributed by atoms with E-state index in [-0.39, 0.29) is 23.0 Å². The van der Waals surface area contributed by atoms with Gasteiger partial charge in [-0.2, -0.15) is 10.4 Å². The van der Waals surface area contributed by atoms with Crippen LogP contribution in [0.5, 0.6) is 0 Å². The molecule has 1 aliphatic rings. The molecule has 0 saturated heterocycles. The summed E-state index contributed by atoms with van der Waals surface area (Å²) >= 11 is 0. The number of amides is 1. The largest absolute Gasteiger partial charge is 0.352 e. The number of carbonyl (C=O) groups excluding carboxylic acids is 2. The molecule has 1 atom stereocenters. The van der Waals surface area contributed by atoms with Crippen LogP contribution >= 0.6 is 0 Å². The third-order valence-electron chi connectivity index (χ3n) is 4.73. The van der Waals surface area contributed by atoms with Gasteiger partial charge in [-0.15, -0.1) is 0 Å². The topological polar surface area (TPSA) is 144 Å².